The summed E-state index contributed by atoms with van der Waals surface area (Å²) in [5, 5.41) is 9.24. The number of halogens is 2. The molecular formula is C27H30BrClN4O4S. The minimum absolute atomic E-state index is 0.277. The predicted molar refractivity (Wildman–Crippen MR) is 153 cm³/mol. The van der Waals surface area contributed by atoms with Gasteiger partial charge in [0, 0.05) is 10.7 Å². The van der Waals surface area contributed by atoms with E-state index in [2.05, 4.69) is 26.2 Å². The normalized spacial score (nSPS) is 14.8. The van der Waals surface area contributed by atoms with Gasteiger partial charge in [-0.15, -0.1) is 5.10 Å². The fourth-order valence-corrected chi connectivity index (χ4v) is 5.31. The first-order chi connectivity index (χ1) is 18.2. The molecule has 11 heteroatoms. The smallest absolute Gasteiger partial charge is 0.338 e. The Hall–Kier alpha value is -2.69. The third-order valence-corrected chi connectivity index (χ3v) is 7.17. The van der Waals surface area contributed by atoms with Crippen molar-refractivity contribution in [1.82, 2.24) is 14.8 Å². The highest BCUT2D eigenvalue weighted by molar-refractivity contribution is 9.10. The lowest BCUT2D eigenvalue weighted by molar-refractivity contribution is -0.143. The average molecular weight is 622 g/mol. The van der Waals surface area contributed by atoms with Crippen molar-refractivity contribution >= 4 is 51.2 Å². The summed E-state index contributed by atoms with van der Waals surface area (Å²) in [6.45, 7) is 10.2. The van der Waals surface area contributed by atoms with Gasteiger partial charge in [0.25, 0.3) is 0 Å². The standard InChI is InChI=1S/C27H30BrClN4O4S/c1-6-35-21-13-18(12-20(28)24(21)36-14-17-8-10-19(29)11-9-17)23-22(25(34)37-15(3)4)16(5)30-26-31-27(38-7-2)32-33(23)26/h8-13,15,23H,6-7,14H2,1-5H3,(H,30,31,32). The molecule has 3 aromatic rings. The van der Waals surface area contributed by atoms with E-state index in [9.17, 15) is 4.79 Å². The van der Waals surface area contributed by atoms with E-state index in [1.165, 1.54) is 11.8 Å². The van der Waals surface area contributed by atoms with E-state index in [-0.39, 0.29) is 6.10 Å². The Morgan fingerprint density at radius 3 is 2.61 bits per heavy atom. The zero-order valence-corrected chi connectivity index (χ0v) is 25.0. The molecule has 0 spiro atoms. The molecule has 0 bridgehead atoms. The third kappa shape index (κ3) is 6.30. The second kappa shape index (κ2) is 12.4. The van der Waals surface area contributed by atoms with E-state index in [0.29, 0.717) is 56.6 Å². The van der Waals surface area contributed by atoms with Gasteiger partial charge in [0.15, 0.2) is 11.5 Å². The fraction of sp³-hybridized carbons (Fsp3) is 0.370. The molecular weight excluding hydrogens is 592 g/mol. The maximum atomic E-state index is 13.3. The number of hydrogen-bond donors (Lipinski definition) is 1. The topological polar surface area (TPSA) is 87.5 Å². The van der Waals surface area contributed by atoms with Crippen LogP contribution < -0.4 is 14.8 Å². The SMILES string of the molecule is CCOc1cc(C2C(C(=O)OC(C)C)=C(C)Nc3nc(SCC)nn32)cc(Br)c1OCc1ccc(Cl)cc1. The number of nitrogens with zero attached hydrogens (tertiary/aromatic N) is 3. The number of carbonyl (C=O) groups is 1. The molecule has 0 fully saturated rings. The number of fused-ring (bicyclic) bond motifs is 1. The van der Waals surface area contributed by atoms with E-state index in [1.807, 2.05) is 71.0 Å². The Morgan fingerprint density at radius 2 is 1.95 bits per heavy atom. The summed E-state index contributed by atoms with van der Waals surface area (Å²) >= 11 is 11.2. The maximum Gasteiger partial charge on any atom is 0.338 e. The van der Waals surface area contributed by atoms with E-state index in [0.717, 1.165) is 16.9 Å². The van der Waals surface area contributed by atoms with Gasteiger partial charge in [0.2, 0.25) is 11.1 Å². The van der Waals surface area contributed by atoms with Crippen molar-refractivity contribution in [3.8, 4) is 11.5 Å². The minimum atomic E-state index is -0.586. The Labute approximate surface area is 240 Å². The molecule has 0 amide bonds. The number of benzene rings is 2. The van der Waals surface area contributed by atoms with Crippen molar-refractivity contribution in [1.29, 1.82) is 0 Å². The molecule has 2 heterocycles. The Morgan fingerprint density at radius 1 is 1.21 bits per heavy atom. The first kappa shape index (κ1) is 28.3. The first-order valence-corrected chi connectivity index (χ1v) is 14.5. The molecule has 1 unspecified atom stereocenters. The van der Waals surface area contributed by atoms with Gasteiger partial charge in [-0.2, -0.15) is 4.98 Å². The second-order valence-electron chi connectivity index (χ2n) is 8.79. The van der Waals surface area contributed by atoms with E-state index >= 15 is 0 Å². The summed E-state index contributed by atoms with van der Waals surface area (Å²) < 4.78 is 20.2. The van der Waals surface area contributed by atoms with Gasteiger partial charge < -0.3 is 19.5 Å². The van der Waals surface area contributed by atoms with Crippen LogP contribution >= 0.6 is 39.3 Å². The minimum Gasteiger partial charge on any atom is -0.490 e. The van der Waals surface area contributed by atoms with Crippen LogP contribution in [0, 0.1) is 0 Å². The van der Waals surface area contributed by atoms with Gasteiger partial charge in [0.1, 0.15) is 12.6 Å². The molecule has 202 valence electrons. The number of thioether (sulfide) groups is 1. The molecule has 1 aromatic heterocycles. The van der Waals surface area contributed by atoms with Crippen LogP contribution in [-0.4, -0.2) is 39.2 Å². The predicted octanol–water partition coefficient (Wildman–Crippen LogP) is 7.02. The zero-order valence-electron chi connectivity index (χ0n) is 21.9. The van der Waals surface area contributed by atoms with Crippen LogP contribution in [0.4, 0.5) is 5.95 Å². The molecule has 0 radical (unpaired) electrons. The van der Waals surface area contributed by atoms with Gasteiger partial charge in [-0.1, -0.05) is 42.4 Å². The summed E-state index contributed by atoms with van der Waals surface area (Å²) in [6.07, 6.45) is -0.277. The Balaban J connectivity index is 1.78. The summed E-state index contributed by atoms with van der Waals surface area (Å²) in [5.41, 5.74) is 2.85. The molecule has 0 saturated heterocycles. The third-order valence-electron chi connectivity index (χ3n) is 5.61. The van der Waals surface area contributed by atoms with Crippen LogP contribution in [0.25, 0.3) is 0 Å². The molecule has 1 aliphatic rings. The van der Waals surface area contributed by atoms with Crippen LogP contribution in [0.2, 0.25) is 5.02 Å². The Bertz CT molecular complexity index is 1340. The number of hydrogen-bond acceptors (Lipinski definition) is 8. The van der Waals surface area contributed by atoms with Crippen molar-refractivity contribution in [2.45, 2.75) is 58.5 Å². The van der Waals surface area contributed by atoms with Gasteiger partial charge in [-0.25, -0.2) is 9.48 Å². The summed E-state index contributed by atoms with van der Waals surface area (Å²) in [7, 11) is 0. The van der Waals surface area contributed by atoms with Crippen molar-refractivity contribution in [3.05, 3.63) is 68.3 Å². The van der Waals surface area contributed by atoms with Crippen molar-refractivity contribution < 1.29 is 19.0 Å². The fourth-order valence-electron chi connectivity index (χ4n) is 4.06. The van der Waals surface area contributed by atoms with E-state index in [1.54, 1.807) is 4.68 Å². The molecule has 4 rings (SSSR count). The van der Waals surface area contributed by atoms with Crippen molar-refractivity contribution in [2.24, 2.45) is 0 Å². The molecule has 1 atom stereocenters. The lowest BCUT2D eigenvalue weighted by Gasteiger charge is -2.29. The summed E-state index contributed by atoms with van der Waals surface area (Å²) in [4.78, 5) is 18.0. The van der Waals surface area contributed by atoms with Crippen molar-refractivity contribution in [3.63, 3.8) is 0 Å². The van der Waals surface area contributed by atoms with Crippen LogP contribution in [0.5, 0.6) is 11.5 Å². The quantitative estimate of drug-likeness (QED) is 0.191. The maximum absolute atomic E-state index is 13.3. The highest BCUT2D eigenvalue weighted by Gasteiger charge is 2.36. The number of rotatable bonds is 10. The second-order valence-corrected chi connectivity index (χ2v) is 11.3. The molecule has 0 saturated carbocycles. The zero-order chi connectivity index (χ0) is 27.4. The molecule has 1 aliphatic heterocycles. The number of nitrogens with one attached hydrogen (secondary N) is 1. The molecule has 0 aliphatic carbocycles. The lowest BCUT2D eigenvalue weighted by Crippen LogP contribution is -2.30. The number of carbonyl (C=O) groups excluding carboxylic acids is 1. The number of anilines is 1. The number of aromatic nitrogens is 3. The largest absolute Gasteiger partial charge is 0.490 e. The van der Waals surface area contributed by atoms with Gasteiger partial charge in [-0.05, 0) is 84.8 Å². The number of esters is 1. The molecule has 2 aromatic carbocycles. The number of allylic oxidation sites excluding steroid dienone is 1. The average Bonchev–Trinajstić information content (AvgIpc) is 3.25. The lowest BCUT2D eigenvalue weighted by atomic mass is 9.95. The number of ether oxygens (including phenoxy) is 3. The highest BCUT2D eigenvalue weighted by Crippen LogP contribution is 2.43. The molecule has 38 heavy (non-hydrogen) atoms. The van der Waals surface area contributed by atoms with E-state index < -0.39 is 12.0 Å². The molecule has 8 nitrogen and oxygen atoms in total. The van der Waals surface area contributed by atoms with Crippen LogP contribution in [0.1, 0.15) is 51.8 Å². The summed E-state index contributed by atoms with van der Waals surface area (Å²) in [6, 6.07) is 10.7. The summed E-state index contributed by atoms with van der Waals surface area (Å²) in [5.74, 6) is 2.07. The highest BCUT2D eigenvalue weighted by atomic mass is 79.9. The van der Waals surface area contributed by atoms with Crippen molar-refractivity contribution in [2.75, 3.05) is 17.7 Å². The monoisotopic (exact) mass is 620 g/mol. The van der Waals surface area contributed by atoms with Gasteiger partial charge in [-0.3, -0.25) is 0 Å². The van der Waals surface area contributed by atoms with Gasteiger partial charge in [0.05, 0.1) is 22.8 Å². The molecule has 1 N–H and O–H groups in total. The van der Waals surface area contributed by atoms with Gasteiger partial charge >= 0.3 is 5.97 Å². The Kier molecular flexibility index (Phi) is 9.27. The van der Waals surface area contributed by atoms with Crippen LogP contribution in [0.3, 0.4) is 0 Å². The van der Waals surface area contributed by atoms with E-state index in [4.69, 9.17) is 30.9 Å². The van der Waals surface area contributed by atoms with Crippen LogP contribution in [-0.2, 0) is 16.1 Å². The van der Waals surface area contributed by atoms with Crippen LogP contribution in [0.15, 0.2) is 57.3 Å². The first-order valence-electron chi connectivity index (χ1n) is 12.3.